The minimum Gasteiger partial charge on any atom is -0.377 e. The highest BCUT2D eigenvalue weighted by molar-refractivity contribution is 6.17. The van der Waals surface area contributed by atoms with E-state index >= 15 is 0 Å². The van der Waals surface area contributed by atoms with Gasteiger partial charge in [-0.25, -0.2) is 0 Å². The zero-order chi connectivity index (χ0) is 16.8. The molecule has 0 amide bonds. The Morgan fingerprint density at radius 3 is 2.22 bits per heavy atom. The number of allylic oxidation sites excluding steroid dienone is 1. The summed E-state index contributed by atoms with van der Waals surface area (Å²) in [6.07, 6.45) is 23.8. The van der Waals surface area contributed by atoms with E-state index in [1.54, 1.807) is 0 Å². The van der Waals surface area contributed by atoms with Crippen molar-refractivity contribution in [3.63, 3.8) is 0 Å². The molecular formula is C21H37ClO. The Bertz CT molecular complexity index is 303. The topological polar surface area (TPSA) is 9.23 Å². The van der Waals surface area contributed by atoms with E-state index in [0.717, 1.165) is 38.4 Å². The quantitative estimate of drug-likeness (QED) is 0.118. The van der Waals surface area contributed by atoms with Crippen molar-refractivity contribution in [1.29, 1.82) is 0 Å². The molecule has 134 valence electrons. The van der Waals surface area contributed by atoms with Crippen molar-refractivity contribution < 1.29 is 4.74 Å². The van der Waals surface area contributed by atoms with Gasteiger partial charge < -0.3 is 4.74 Å². The standard InChI is InChI=1S/C21H37ClO/c1-2-3-4-5-6-7-8-9-11-14-17-20-23-21-18-15-12-10-13-16-19-22/h10,14-15,17H,2-9,11,13,16,18-21H2,1H3/b17-14-. The molecule has 0 aliphatic carbocycles. The molecule has 0 N–H and O–H groups in total. The van der Waals surface area contributed by atoms with Crippen LogP contribution in [-0.4, -0.2) is 19.1 Å². The molecule has 0 heterocycles. The van der Waals surface area contributed by atoms with Gasteiger partial charge in [-0.05, 0) is 44.3 Å². The van der Waals surface area contributed by atoms with Crippen LogP contribution >= 0.6 is 11.6 Å². The number of halogens is 1. The van der Waals surface area contributed by atoms with Gasteiger partial charge >= 0.3 is 0 Å². The molecular weight excluding hydrogens is 304 g/mol. The van der Waals surface area contributed by atoms with Crippen LogP contribution in [0.15, 0.2) is 30.0 Å². The van der Waals surface area contributed by atoms with Crippen molar-refractivity contribution in [2.45, 2.75) is 84.0 Å². The first kappa shape index (κ1) is 22.5. The third kappa shape index (κ3) is 21.5. The maximum Gasteiger partial charge on any atom is 0.0647 e. The van der Waals surface area contributed by atoms with Crippen LogP contribution in [0, 0.1) is 0 Å². The molecule has 0 aromatic heterocycles. The summed E-state index contributed by atoms with van der Waals surface area (Å²) in [6.45, 7) is 3.79. The highest BCUT2D eigenvalue weighted by Crippen LogP contribution is 2.09. The van der Waals surface area contributed by atoms with Gasteiger partial charge in [0.25, 0.3) is 0 Å². The average molecular weight is 341 g/mol. The Morgan fingerprint density at radius 2 is 1.48 bits per heavy atom. The second-order valence-electron chi connectivity index (χ2n) is 6.00. The number of unbranched alkanes of at least 4 members (excludes halogenated alkanes) is 9. The predicted octanol–water partition coefficient (Wildman–Crippen LogP) is 7.21. The smallest absolute Gasteiger partial charge is 0.0647 e. The molecule has 0 fully saturated rings. The largest absolute Gasteiger partial charge is 0.377 e. The molecule has 0 aromatic carbocycles. The summed E-state index contributed by atoms with van der Waals surface area (Å²) in [7, 11) is 0. The third-order valence-corrected chi connectivity index (χ3v) is 4.00. The van der Waals surface area contributed by atoms with Crippen LogP contribution < -0.4 is 0 Å². The van der Waals surface area contributed by atoms with Gasteiger partial charge in [-0.15, -0.1) is 17.3 Å². The van der Waals surface area contributed by atoms with E-state index in [1.165, 1.54) is 57.8 Å². The maximum atomic E-state index is 5.60. The van der Waals surface area contributed by atoms with E-state index in [0.29, 0.717) is 0 Å². The molecule has 0 spiro atoms. The lowest BCUT2D eigenvalue weighted by Gasteiger charge is -2.00. The molecule has 0 aromatic rings. The first-order chi connectivity index (χ1) is 11.4. The van der Waals surface area contributed by atoms with Crippen molar-refractivity contribution >= 4 is 11.6 Å². The van der Waals surface area contributed by atoms with Crippen LogP contribution in [0.4, 0.5) is 0 Å². The Balaban J connectivity index is 3.18. The lowest BCUT2D eigenvalue weighted by Crippen LogP contribution is -1.92. The lowest BCUT2D eigenvalue weighted by atomic mass is 10.1. The maximum absolute atomic E-state index is 5.60. The van der Waals surface area contributed by atoms with Crippen molar-refractivity contribution in [2.75, 3.05) is 19.1 Å². The summed E-state index contributed by atoms with van der Waals surface area (Å²) in [5, 5.41) is 0. The van der Waals surface area contributed by atoms with Crippen molar-refractivity contribution in [2.24, 2.45) is 0 Å². The fourth-order valence-electron chi connectivity index (χ4n) is 2.30. The SMILES string of the molecule is CCCCCCCCCC/C=C\COCCC=C=CCCCCl. The zero-order valence-electron chi connectivity index (χ0n) is 15.2. The molecule has 0 atom stereocenters. The molecule has 0 aliphatic rings. The van der Waals surface area contributed by atoms with Gasteiger partial charge in [-0.1, -0.05) is 64.0 Å². The Hall–Kier alpha value is -0.490. The Labute approximate surface area is 149 Å². The summed E-state index contributed by atoms with van der Waals surface area (Å²) < 4.78 is 5.55. The molecule has 0 radical (unpaired) electrons. The summed E-state index contributed by atoms with van der Waals surface area (Å²) in [6, 6.07) is 0. The van der Waals surface area contributed by atoms with Crippen molar-refractivity contribution in [1.82, 2.24) is 0 Å². The highest BCUT2D eigenvalue weighted by Gasteiger charge is 1.90. The van der Waals surface area contributed by atoms with Crippen molar-refractivity contribution in [3.05, 3.63) is 30.0 Å². The van der Waals surface area contributed by atoms with Crippen LogP contribution in [0.5, 0.6) is 0 Å². The van der Waals surface area contributed by atoms with Crippen LogP contribution in [0.3, 0.4) is 0 Å². The second-order valence-corrected chi connectivity index (χ2v) is 6.38. The number of ether oxygens (including phenoxy) is 1. The lowest BCUT2D eigenvalue weighted by molar-refractivity contribution is 0.167. The molecule has 0 saturated carbocycles. The summed E-state index contributed by atoms with van der Waals surface area (Å²) in [5.74, 6) is 0.729. The monoisotopic (exact) mass is 340 g/mol. The Morgan fingerprint density at radius 1 is 0.783 bits per heavy atom. The van der Waals surface area contributed by atoms with E-state index in [2.05, 4.69) is 24.8 Å². The zero-order valence-corrected chi connectivity index (χ0v) is 16.0. The van der Waals surface area contributed by atoms with Gasteiger partial charge in [0.2, 0.25) is 0 Å². The number of alkyl halides is 1. The van der Waals surface area contributed by atoms with Crippen LogP contribution in [0.1, 0.15) is 84.0 Å². The second kappa shape index (κ2) is 21.5. The molecule has 1 nitrogen and oxygen atoms in total. The van der Waals surface area contributed by atoms with Gasteiger partial charge in [0.1, 0.15) is 0 Å². The van der Waals surface area contributed by atoms with Gasteiger partial charge in [0, 0.05) is 5.88 Å². The summed E-state index contributed by atoms with van der Waals surface area (Å²) in [4.78, 5) is 0. The summed E-state index contributed by atoms with van der Waals surface area (Å²) in [5.41, 5.74) is 3.16. The molecule has 0 bridgehead atoms. The first-order valence-electron chi connectivity index (χ1n) is 9.60. The van der Waals surface area contributed by atoms with E-state index in [-0.39, 0.29) is 0 Å². The Kier molecular flexibility index (Phi) is 21.1. The molecule has 2 heteroatoms. The summed E-state index contributed by atoms with van der Waals surface area (Å²) >= 11 is 5.60. The number of hydrogen-bond donors (Lipinski definition) is 0. The van der Waals surface area contributed by atoms with E-state index in [9.17, 15) is 0 Å². The average Bonchev–Trinajstić information content (AvgIpc) is 2.57. The highest BCUT2D eigenvalue weighted by atomic mass is 35.5. The van der Waals surface area contributed by atoms with E-state index < -0.39 is 0 Å². The van der Waals surface area contributed by atoms with Gasteiger partial charge in [-0.3, -0.25) is 0 Å². The minimum atomic E-state index is 0.729. The van der Waals surface area contributed by atoms with Crippen LogP contribution in [0.25, 0.3) is 0 Å². The molecule has 0 saturated heterocycles. The minimum absolute atomic E-state index is 0.729. The number of hydrogen-bond acceptors (Lipinski definition) is 1. The first-order valence-corrected chi connectivity index (χ1v) is 10.1. The fourth-order valence-corrected chi connectivity index (χ4v) is 2.46. The predicted molar refractivity (Wildman–Crippen MR) is 104 cm³/mol. The third-order valence-electron chi connectivity index (χ3n) is 3.73. The number of rotatable bonds is 17. The molecule has 0 rings (SSSR count). The van der Waals surface area contributed by atoms with E-state index in [4.69, 9.17) is 16.3 Å². The molecule has 0 unspecified atom stereocenters. The molecule has 23 heavy (non-hydrogen) atoms. The van der Waals surface area contributed by atoms with Gasteiger partial charge in [0.05, 0.1) is 13.2 Å². The normalized spacial score (nSPS) is 10.9. The van der Waals surface area contributed by atoms with Gasteiger partial charge in [-0.2, -0.15) is 0 Å². The fraction of sp³-hybridized carbons (Fsp3) is 0.762. The van der Waals surface area contributed by atoms with Crippen LogP contribution in [-0.2, 0) is 4.74 Å². The van der Waals surface area contributed by atoms with Gasteiger partial charge in [0.15, 0.2) is 0 Å². The van der Waals surface area contributed by atoms with Crippen LogP contribution in [0.2, 0.25) is 0 Å². The van der Waals surface area contributed by atoms with E-state index in [1.807, 2.05) is 12.2 Å². The van der Waals surface area contributed by atoms with Crippen molar-refractivity contribution in [3.8, 4) is 0 Å². The molecule has 0 aliphatic heterocycles.